The normalized spacial score (nSPS) is 12.7. The molecule has 0 saturated heterocycles. The minimum atomic E-state index is -4.44. The molecule has 0 radical (unpaired) electrons. The smallest absolute Gasteiger partial charge is 0.374 e. The molecule has 0 heterocycles. The van der Waals surface area contributed by atoms with Crippen molar-refractivity contribution < 1.29 is 22.8 Å². The van der Waals surface area contributed by atoms with Gasteiger partial charge >= 0.3 is 6.18 Å². The van der Waals surface area contributed by atoms with Gasteiger partial charge in [0.1, 0.15) is 12.6 Å². The van der Waals surface area contributed by atoms with E-state index in [2.05, 4.69) is 10.6 Å². The van der Waals surface area contributed by atoms with Crippen molar-refractivity contribution in [3.63, 3.8) is 0 Å². The Morgan fingerprint density at radius 1 is 1.00 bits per heavy atom. The number of anilines is 2. The Balaban J connectivity index is 2.54. The van der Waals surface area contributed by atoms with Gasteiger partial charge in [0.2, 0.25) is 11.8 Å². The van der Waals surface area contributed by atoms with Crippen LogP contribution in [0.4, 0.5) is 24.5 Å². The number of nitrogens with one attached hydrogen (secondary N) is 3. The first kappa shape index (κ1) is 18.8. The topological polar surface area (TPSA) is 70.2 Å². The summed E-state index contributed by atoms with van der Waals surface area (Å²) in [6.07, 6.45) is -4.44. The fraction of sp³-hybridized carbons (Fsp3) is 0.467. The van der Waals surface area contributed by atoms with Crippen LogP contribution in [-0.4, -0.2) is 30.6 Å². The molecule has 1 atom stereocenters. The summed E-state index contributed by atoms with van der Waals surface area (Å²) in [5.74, 6) is -1.02. The third-order valence-electron chi connectivity index (χ3n) is 2.92. The average Bonchev–Trinajstić information content (AvgIpc) is 2.45. The fourth-order valence-corrected chi connectivity index (χ4v) is 1.59. The molecule has 1 rings (SSSR count). The third kappa shape index (κ3) is 7.03. The Hall–Kier alpha value is -2.25. The summed E-state index contributed by atoms with van der Waals surface area (Å²) in [7, 11) is 0. The molecular weight excluding hydrogens is 311 g/mol. The Morgan fingerprint density at radius 3 is 2.00 bits per heavy atom. The van der Waals surface area contributed by atoms with Crippen LogP contribution in [0.3, 0.4) is 0 Å². The van der Waals surface area contributed by atoms with Crippen LogP contribution in [-0.2, 0) is 9.59 Å². The summed E-state index contributed by atoms with van der Waals surface area (Å²) in [5.41, 5.74) is 1.16. The highest BCUT2D eigenvalue weighted by Crippen LogP contribution is 2.16. The van der Waals surface area contributed by atoms with Gasteiger partial charge in [0.25, 0.3) is 0 Å². The summed E-state index contributed by atoms with van der Waals surface area (Å²) in [4.78, 5) is 23.1. The summed E-state index contributed by atoms with van der Waals surface area (Å²) in [6, 6.07) is 5.72. The summed E-state index contributed by atoms with van der Waals surface area (Å²) in [6.45, 7) is 3.64. The molecule has 0 saturated carbocycles. The third-order valence-corrected chi connectivity index (χ3v) is 2.92. The number of alkyl halides is 3. The van der Waals surface area contributed by atoms with Gasteiger partial charge in [-0.2, -0.15) is 13.2 Å². The SMILES string of the molecule is CC(C)C(=O)Nc1ccc(NC(C)C(=O)NCC(F)(F)F)cc1. The van der Waals surface area contributed by atoms with E-state index in [4.69, 9.17) is 0 Å². The van der Waals surface area contributed by atoms with Crippen LogP contribution in [0.5, 0.6) is 0 Å². The number of carbonyl (C=O) groups is 2. The van der Waals surface area contributed by atoms with E-state index in [0.29, 0.717) is 11.4 Å². The van der Waals surface area contributed by atoms with Gasteiger partial charge in [-0.3, -0.25) is 9.59 Å². The fourth-order valence-electron chi connectivity index (χ4n) is 1.59. The first-order valence-electron chi connectivity index (χ1n) is 7.10. The molecule has 0 aliphatic heterocycles. The minimum absolute atomic E-state index is 0.120. The second kappa shape index (κ2) is 7.85. The van der Waals surface area contributed by atoms with Crippen LogP contribution >= 0.6 is 0 Å². The van der Waals surface area contributed by atoms with E-state index in [9.17, 15) is 22.8 Å². The molecule has 0 fully saturated rings. The monoisotopic (exact) mass is 331 g/mol. The van der Waals surface area contributed by atoms with Crippen molar-refractivity contribution in [2.24, 2.45) is 5.92 Å². The van der Waals surface area contributed by atoms with Crippen molar-refractivity contribution in [3.8, 4) is 0 Å². The maximum absolute atomic E-state index is 12.0. The Kier molecular flexibility index (Phi) is 6.41. The van der Waals surface area contributed by atoms with Gasteiger partial charge < -0.3 is 16.0 Å². The van der Waals surface area contributed by atoms with E-state index in [1.54, 1.807) is 38.1 Å². The zero-order chi connectivity index (χ0) is 17.6. The molecule has 8 heteroatoms. The molecule has 1 aromatic carbocycles. The molecule has 3 N–H and O–H groups in total. The summed E-state index contributed by atoms with van der Waals surface area (Å²) >= 11 is 0. The number of carbonyl (C=O) groups excluding carboxylic acids is 2. The van der Waals surface area contributed by atoms with Crippen LogP contribution in [0.25, 0.3) is 0 Å². The number of hydrogen-bond donors (Lipinski definition) is 3. The molecule has 5 nitrogen and oxygen atoms in total. The van der Waals surface area contributed by atoms with Crippen molar-refractivity contribution in [1.82, 2.24) is 5.32 Å². The predicted octanol–water partition coefficient (Wildman–Crippen LogP) is 2.76. The number of halogens is 3. The predicted molar refractivity (Wildman–Crippen MR) is 82.1 cm³/mol. The van der Waals surface area contributed by atoms with Crippen LogP contribution < -0.4 is 16.0 Å². The lowest BCUT2D eigenvalue weighted by molar-refractivity contribution is -0.138. The highest BCUT2D eigenvalue weighted by atomic mass is 19.4. The molecule has 0 aromatic heterocycles. The van der Waals surface area contributed by atoms with E-state index >= 15 is 0 Å². The van der Waals surface area contributed by atoms with Gasteiger partial charge in [0, 0.05) is 17.3 Å². The van der Waals surface area contributed by atoms with Gasteiger partial charge in [0.05, 0.1) is 0 Å². The van der Waals surface area contributed by atoms with Crippen molar-refractivity contribution in [3.05, 3.63) is 24.3 Å². The first-order chi connectivity index (χ1) is 10.6. The first-order valence-corrected chi connectivity index (χ1v) is 7.10. The molecule has 1 unspecified atom stereocenters. The van der Waals surface area contributed by atoms with Crippen LogP contribution in [0.2, 0.25) is 0 Å². The molecule has 0 bridgehead atoms. The standard InChI is InChI=1S/C15H20F3N3O2/c1-9(2)13(22)21-12-6-4-11(5-7-12)20-10(3)14(23)19-8-15(16,17)18/h4-7,9-10,20H,8H2,1-3H3,(H,19,23)(H,21,22). The second-order valence-electron chi connectivity index (χ2n) is 5.42. The van der Waals surface area contributed by atoms with E-state index in [1.807, 2.05) is 5.32 Å². The van der Waals surface area contributed by atoms with E-state index in [0.717, 1.165) is 0 Å². The van der Waals surface area contributed by atoms with E-state index in [1.165, 1.54) is 6.92 Å². The zero-order valence-corrected chi connectivity index (χ0v) is 13.1. The van der Waals surface area contributed by atoms with Gasteiger partial charge in [0.15, 0.2) is 0 Å². The van der Waals surface area contributed by atoms with Gasteiger partial charge in [-0.15, -0.1) is 0 Å². The van der Waals surface area contributed by atoms with E-state index in [-0.39, 0.29) is 11.8 Å². The van der Waals surface area contributed by atoms with Crippen molar-refractivity contribution in [1.29, 1.82) is 0 Å². The van der Waals surface area contributed by atoms with Crippen molar-refractivity contribution >= 4 is 23.2 Å². The number of hydrogen-bond acceptors (Lipinski definition) is 3. The minimum Gasteiger partial charge on any atom is -0.374 e. The summed E-state index contributed by atoms with van der Waals surface area (Å²) in [5, 5.41) is 7.31. The molecule has 0 spiro atoms. The molecule has 2 amide bonds. The number of benzene rings is 1. The van der Waals surface area contributed by atoms with Gasteiger partial charge in [-0.25, -0.2) is 0 Å². The molecule has 23 heavy (non-hydrogen) atoms. The lowest BCUT2D eigenvalue weighted by atomic mass is 10.2. The van der Waals surface area contributed by atoms with Crippen LogP contribution in [0.1, 0.15) is 20.8 Å². The maximum atomic E-state index is 12.0. The molecular formula is C15H20F3N3O2. The lowest BCUT2D eigenvalue weighted by Crippen LogP contribution is -2.42. The molecule has 0 aliphatic rings. The van der Waals surface area contributed by atoms with Gasteiger partial charge in [-0.05, 0) is 31.2 Å². The Bertz CT molecular complexity index is 542. The zero-order valence-electron chi connectivity index (χ0n) is 13.1. The molecule has 128 valence electrons. The van der Waals surface area contributed by atoms with E-state index < -0.39 is 24.7 Å². The molecule has 0 aliphatic carbocycles. The van der Waals surface area contributed by atoms with Crippen LogP contribution in [0, 0.1) is 5.92 Å². The summed E-state index contributed by atoms with van der Waals surface area (Å²) < 4.78 is 36.1. The second-order valence-corrected chi connectivity index (χ2v) is 5.42. The van der Waals surface area contributed by atoms with Crippen molar-refractivity contribution in [2.75, 3.05) is 17.2 Å². The Morgan fingerprint density at radius 2 is 1.52 bits per heavy atom. The highest BCUT2D eigenvalue weighted by molar-refractivity contribution is 5.92. The largest absolute Gasteiger partial charge is 0.405 e. The highest BCUT2D eigenvalue weighted by Gasteiger charge is 2.28. The maximum Gasteiger partial charge on any atom is 0.405 e. The average molecular weight is 331 g/mol. The Labute approximate surface area is 132 Å². The van der Waals surface area contributed by atoms with Crippen molar-refractivity contribution in [2.45, 2.75) is 33.0 Å². The molecule has 1 aromatic rings. The van der Waals surface area contributed by atoms with Gasteiger partial charge in [-0.1, -0.05) is 13.8 Å². The number of rotatable bonds is 6. The number of amides is 2. The quantitative estimate of drug-likeness (QED) is 0.751. The van der Waals surface area contributed by atoms with Crippen LogP contribution in [0.15, 0.2) is 24.3 Å². The lowest BCUT2D eigenvalue weighted by Gasteiger charge is -2.16.